The van der Waals surface area contributed by atoms with Crippen LogP contribution in [-0.2, 0) is 7.05 Å². The molecule has 0 fully saturated rings. The Hall–Kier alpha value is -7.57. The fourth-order valence-electron chi connectivity index (χ4n) is 10.3. The number of benzene rings is 8. The summed E-state index contributed by atoms with van der Waals surface area (Å²) in [5.41, 5.74) is 18.9. The van der Waals surface area contributed by atoms with Crippen molar-refractivity contribution < 1.29 is 0 Å². The van der Waals surface area contributed by atoms with E-state index in [4.69, 9.17) is 4.98 Å². The molecular weight excluding hydrogens is 733 g/mol. The van der Waals surface area contributed by atoms with Crippen LogP contribution in [0.2, 0.25) is 0 Å². The van der Waals surface area contributed by atoms with Gasteiger partial charge in [0.05, 0.1) is 44.5 Å². The van der Waals surface area contributed by atoms with Gasteiger partial charge >= 0.3 is 0 Å². The molecule has 6 heteroatoms. The van der Waals surface area contributed by atoms with Gasteiger partial charge in [-0.3, -0.25) is 0 Å². The van der Waals surface area contributed by atoms with Gasteiger partial charge in [-0.1, -0.05) is 96.6 Å². The summed E-state index contributed by atoms with van der Waals surface area (Å²) in [6, 6.07) is 62.0. The highest BCUT2D eigenvalue weighted by molar-refractivity contribution is 6.29. The summed E-state index contributed by atoms with van der Waals surface area (Å²) < 4.78 is 7.10. The summed E-state index contributed by atoms with van der Waals surface area (Å²) in [6.07, 6.45) is 0. The van der Waals surface area contributed by atoms with E-state index in [-0.39, 0.29) is 0 Å². The minimum atomic E-state index is 0.719. The molecule has 0 atom stereocenters. The molecule has 12 rings (SSSR count). The predicted octanol–water partition coefficient (Wildman–Crippen LogP) is 13.6. The third-order valence-electron chi connectivity index (χ3n) is 12.7. The van der Waals surface area contributed by atoms with Crippen molar-refractivity contribution in [2.45, 2.75) is 20.8 Å². The Labute approximate surface area is 348 Å². The van der Waals surface area contributed by atoms with E-state index < -0.39 is 0 Å². The molecule has 0 aliphatic carbocycles. The van der Waals surface area contributed by atoms with Gasteiger partial charge < -0.3 is 23.5 Å². The SMILES string of the molecule is Cc1cc(C)c(N2CN(c3cccc(-n4c5cc(-c6nc7ccccc7n6C)ccc5c5c6c7ccccc7n(-c7ccccc7)c6ccc54)c3)c3ccccc32)c(C)c1. The van der Waals surface area contributed by atoms with Gasteiger partial charge in [-0.25, -0.2) is 4.98 Å². The molecule has 0 radical (unpaired) electrons. The average Bonchev–Trinajstić information content (AvgIpc) is 4.01. The second-order valence-electron chi connectivity index (χ2n) is 16.3. The van der Waals surface area contributed by atoms with Crippen LogP contribution in [0.1, 0.15) is 16.7 Å². The van der Waals surface area contributed by atoms with Crippen LogP contribution in [0, 0.1) is 20.8 Å². The van der Waals surface area contributed by atoms with Crippen LogP contribution < -0.4 is 9.80 Å². The van der Waals surface area contributed by atoms with Gasteiger partial charge in [-0.05, 0) is 111 Å². The molecule has 288 valence electrons. The molecule has 4 heterocycles. The number of nitrogens with zero attached hydrogens (tertiary/aromatic N) is 6. The maximum Gasteiger partial charge on any atom is 0.140 e. The van der Waals surface area contributed by atoms with Crippen LogP contribution >= 0.6 is 0 Å². The minimum absolute atomic E-state index is 0.719. The summed E-state index contributed by atoms with van der Waals surface area (Å²) >= 11 is 0. The van der Waals surface area contributed by atoms with Crippen LogP contribution in [0.4, 0.5) is 22.7 Å². The standard InChI is InChI=1S/C54H42N6/c1-34-29-35(2)53(36(3)30-34)58-33-57(46-23-12-13-24-47(46)58)39-17-14-18-40(32-39)60-49-28-27-48-51(41-19-8-10-21-44(41)59(48)38-15-6-5-7-16-38)52(49)42-26-25-37(31-50(42)60)54-55-43-20-9-11-22-45(43)56(54)4/h5-32H,33H2,1-4H3. The fourth-order valence-corrected chi connectivity index (χ4v) is 10.3. The van der Waals surface area contributed by atoms with Crippen molar-refractivity contribution in [2.24, 2.45) is 7.05 Å². The van der Waals surface area contributed by atoms with Gasteiger partial charge in [0, 0.05) is 56.9 Å². The largest absolute Gasteiger partial charge is 0.327 e. The number of aromatic nitrogens is 4. The van der Waals surface area contributed by atoms with E-state index in [9.17, 15) is 0 Å². The van der Waals surface area contributed by atoms with Gasteiger partial charge in [0.1, 0.15) is 12.5 Å². The zero-order chi connectivity index (χ0) is 40.2. The van der Waals surface area contributed by atoms with Crippen molar-refractivity contribution in [3.63, 3.8) is 0 Å². The van der Waals surface area contributed by atoms with Crippen LogP contribution in [0.15, 0.2) is 170 Å². The fraction of sp³-hybridized carbons (Fsp3) is 0.0926. The molecule has 0 unspecified atom stereocenters. The molecule has 1 aliphatic heterocycles. The Bertz CT molecular complexity index is 3510. The van der Waals surface area contributed by atoms with Gasteiger partial charge in [-0.2, -0.15) is 0 Å². The monoisotopic (exact) mass is 774 g/mol. The maximum absolute atomic E-state index is 5.15. The smallest absolute Gasteiger partial charge is 0.140 e. The lowest BCUT2D eigenvalue weighted by Crippen LogP contribution is -2.25. The van der Waals surface area contributed by atoms with Crippen LogP contribution in [-0.4, -0.2) is 25.4 Å². The Kier molecular flexibility index (Phi) is 7.45. The summed E-state index contributed by atoms with van der Waals surface area (Å²) in [6.45, 7) is 7.37. The van der Waals surface area contributed by atoms with Crippen molar-refractivity contribution in [3.05, 3.63) is 187 Å². The summed E-state index contributed by atoms with van der Waals surface area (Å²) in [7, 11) is 2.12. The Balaban J connectivity index is 1.11. The van der Waals surface area contributed by atoms with E-state index in [2.05, 4.69) is 221 Å². The maximum atomic E-state index is 5.15. The van der Waals surface area contributed by atoms with Gasteiger partial charge in [0.15, 0.2) is 0 Å². The average molecular weight is 775 g/mol. The summed E-state index contributed by atoms with van der Waals surface area (Å²) in [5.74, 6) is 0.949. The minimum Gasteiger partial charge on any atom is -0.327 e. The zero-order valence-electron chi connectivity index (χ0n) is 34.1. The third-order valence-corrected chi connectivity index (χ3v) is 12.7. The van der Waals surface area contributed by atoms with Crippen molar-refractivity contribution in [1.29, 1.82) is 0 Å². The molecule has 8 aromatic carbocycles. The summed E-state index contributed by atoms with van der Waals surface area (Å²) in [4.78, 5) is 10.1. The second kappa shape index (κ2) is 13.0. The molecule has 0 spiro atoms. The van der Waals surface area contributed by atoms with Gasteiger partial charge in [-0.15, -0.1) is 0 Å². The van der Waals surface area contributed by atoms with E-state index in [0.717, 1.165) is 51.7 Å². The van der Waals surface area contributed by atoms with Gasteiger partial charge in [0.25, 0.3) is 0 Å². The second-order valence-corrected chi connectivity index (χ2v) is 16.3. The molecule has 11 aromatic rings. The molecule has 0 bridgehead atoms. The Morgan fingerprint density at radius 1 is 0.450 bits per heavy atom. The number of hydrogen-bond donors (Lipinski definition) is 0. The first-order valence-corrected chi connectivity index (χ1v) is 20.7. The molecule has 6 nitrogen and oxygen atoms in total. The molecule has 3 aromatic heterocycles. The van der Waals surface area contributed by atoms with Crippen molar-refractivity contribution in [3.8, 4) is 22.8 Å². The topological polar surface area (TPSA) is 34.2 Å². The highest BCUT2D eigenvalue weighted by Gasteiger charge is 2.30. The van der Waals surface area contributed by atoms with Crippen molar-refractivity contribution in [1.82, 2.24) is 18.7 Å². The highest BCUT2D eigenvalue weighted by Crippen LogP contribution is 2.48. The number of hydrogen-bond acceptors (Lipinski definition) is 3. The number of para-hydroxylation sites is 6. The molecule has 0 amide bonds. The van der Waals surface area contributed by atoms with Crippen LogP contribution in [0.5, 0.6) is 0 Å². The normalized spacial score (nSPS) is 12.9. The van der Waals surface area contributed by atoms with E-state index in [1.54, 1.807) is 0 Å². The van der Waals surface area contributed by atoms with E-state index in [1.165, 1.54) is 71.8 Å². The molecule has 1 aliphatic rings. The number of anilines is 4. The number of imidazole rings is 1. The van der Waals surface area contributed by atoms with Gasteiger partial charge in [0.2, 0.25) is 0 Å². The predicted molar refractivity (Wildman–Crippen MR) is 251 cm³/mol. The quantitative estimate of drug-likeness (QED) is 0.175. The lowest BCUT2D eigenvalue weighted by atomic mass is 10.0. The molecule has 0 N–H and O–H groups in total. The Morgan fingerprint density at radius 3 is 1.80 bits per heavy atom. The first-order chi connectivity index (χ1) is 29.4. The lowest BCUT2D eigenvalue weighted by Gasteiger charge is -2.26. The first-order valence-electron chi connectivity index (χ1n) is 20.7. The van der Waals surface area contributed by atoms with Crippen molar-refractivity contribution in [2.75, 3.05) is 16.5 Å². The lowest BCUT2D eigenvalue weighted by molar-refractivity contribution is 0.959. The molecule has 60 heavy (non-hydrogen) atoms. The van der Waals surface area contributed by atoms with Crippen molar-refractivity contribution >= 4 is 77.4 Å². The van der Waals surface area contributed by atoms with E-state index in [0.29, 0.717) is 0 Å². The number of aryl methyl sites for hydroxylation is 4. The zero-order valence-corrected chi connectivity index (χ0v) is 34.1. The highest BCUT2D eigenvalue weighted by atomic mass is 15.4. The number of rotatable bonds is 5. The molecular formula is C54H42N6. The van der Waals surface area contributed by atoms with E-state index >= 15 is 0 Å². The van der Waals surface area contributed by atoms with E-state index in [1.807, 2.05) is 0 Å². The molecule has 0 saturated carbocycles. The third kappa shape index (κ3) is 4.97. The number of fused-ring (bicyclic) bond motifs is 9. The molecule has 0 saturated heterocycles. The summed E-state index contributed by atoms with van der Waals surface area (Å²) in [5, 5.41) is 4.96. The van der Waals surface area contributed by atoms with Crippen LogP contribution in [0.3, 0.4) is 0 Å². The first kappa shape index (κ1) is 34.5. The Morgan fingerprint density at radius 2 is 1.05 bits per heavy atom. The van der Waals surface area contributed by atoms with Crippen LogP contribution in [0.25, 0.3) is 77.4 Å².